The second kappa shape index (κ2) is 6.76. The van der Waals surface area contributed by atoms with Gasteiger partial charge >= 0.3 is 0 Å². The van der Waals surface area contributed by atoms with Gasteiger partial charge in [-0.1, -0.05) is 11.2 Å². The zero-order chi connectivity index (χ0) is 11.8. The molecule has 16 heavy (non-hydrogen) atoms. The molecule has 1 rings (SSSR count). The minimum atomic E-state index is 0.0177. The van der Waals surface area contributed by atoms with Crippen molar-refractivity contribution in [1.29, 1.82) is 0 Å². The Morgan fingerprint density at radius 2 is 2.50 bits per heavy atom. The lowest BCUT2D eigenvalue weighted by Crippen LogP contribution is -2.23. The van der Waals surface area contributed by atoms with Crippen molar-refractivity contribution in [1.82, 2.24) is 10.3 Å². The largest absolute Gasteiger partial charge is 0.409 e. The summed E-state index contributed by atoms with van der Waals surface area (Å²) in [6.45, 7) is 1.98. The van der Waals surface area contributed by atoms with Gasteiger partial charge in [0.05, 0.1) is 6.61 Å². The summed E-state index contributed by atoms with van der Waals surface area (Å²) < 4.78 is 4.91. The molecule has 0 fully saturated rings. The maximum Gasteiger partial charge on any atom is 0.189 e. The predicted molar refractivity (Wildman–Crippen MR) is 60.3 cm³/mol. The van der Waals surface area contributed by atoms with Crippen molar-refractivity contribution < 1.29 is 9.94 Å². The maximum atomic E-state index is 8.60. The van der Waals surface area contributed by atoms with Gasteiger partial charge in [0, 0.05) is 26.4 Å². The first-order valence-electron chi connectivity index (χ1n) is 4.91. The molecule has 0 saturated carbocycles. The van der Waals surface area contributed by atoms with E-state index in [4.69, 9.17) is 15.7 Å². The van der Waals surface area contributed by atoms with E-state index in [0.717, 1.165) is 12.1 Å². The molecule has 4 N–H and O–H groups in total. The Labute approximate surface area is 94.1 Å². The minimum absolute atomic E-state index is 0.0177. The summed E-state index contributed by atoms with van der Waals surface area (Å²) in [6, 6.07) is 3.68. The Balaban J connectivity index is 2.64. The van der Waals surface area contributed by atoms with Crippen molar-refractivity contribution >= 4 is 5.84 Å². The molecule has 1 aromatic rings. The van der Waals surface area contributed by atoms with Gasteiger partial charge in [0.25, 0.3) is 0 Å². The first-order chi connectivity index (χ1) is 7.79. The molecule has 0 saturated heterocycles. The molecule has 1 heterocycles. The smallest absolute Gasteiger partial charge is 0.189 e. The number of rotatable bonds is 6. The molecule has 6 heteroatoms. The van der Waals surface area contributed by atoms with E-state index < -0.39 is 0 Å². The van der Waals surface area contributed by atoms with E-state index in [-0.39, 0.29) is 5.84 Å². The molecule has 0 aliphatic rings. The van der Waals surface area contributed by atoms with Crippen LogP contribution in [0.25, 0.3) is 0 Å². The van der Waals surface area contributed by atoms with Gasteiger partial charge < -0.3 is 21.0 Å². The zero-order valence-electron chi connectivity index (χ0n) is 9.18. The number of pyridine rings is 1. The number of aromatic nitrogens is 1. The highest BCUT2D eigenvalue weighted by atomic mass is 16.5. The predicted octanol–water partition coefficient (Wildman–Crippen LogP) is -0.0879. The summed E-state index contributed by atoms with van der Waals surface area (Å²) in [7, 11) is 1.65. The third-order valence-corrected chi connectivity index (χ3v) is 2.04. The van der Waals surface area contributed by atoms with Gasteiger partial charge in [-0.2, -0.15) is 0 Å². The molecule has 1 aromatic heterocycles. The molecule has 0 spiro atoms. The molecular weight excluding hydrogens is 208 g/mol. The van der Waals surface area contributed by atoms with Gasteiger partial charge in [-0.3, -0.25) is 4.98 Å². The first kappa shape index (κ1) is 12.4. The van der Waals surface area contributed by atoms with Crippen LogP contribution in [0.4, 0.5) is 0 Å². The Kier molecular flexibility index (Phi) is 5.24. The number of hydrogen-bond donors (Lipinski definition) is 3. The molecule has 0 atom stereocenters. The van der Waals surface area contributed by atoms with Crippen molar-refractivity contribution in [2.75, 3.05) is 20.3 Å². The van der Waals surface area contributed by atoms with Crippen LogP contribution in [-0.2, 0) is 11.3 Å². The second-order valence-electron chi connectivity index (χ2n) is 3.17. The summed E-state index contributed by atoms with van der Waals surface area (Å²) >= 11 is 0. The first-order valence-corrected chi connectivity index (χ1v) is 4.91. The van der Waals surface area contributed by atoms with Gasteiger partial charge in [0.15, 0.2) is 5.84 Å². The summed E-state index contributed by atoms with van der Waals surface area (Å²) in [6.07, 6.45) is 1.60. The number of nitrogens with zero attached hydrogens (tertiary/aromatic N) is 2. The van der Waals surface area contributed by atoms with Crippen LogP contribution in [-0.4, -0.2) is 36.3 Å². The monoisotopic (exact) mass is 224 g/mol. The Morgan fingerprint density at radius 3 is 3.19 bits per heavy atom. The van der Waals surface area contributed by atoms with Gasteiger partial charge in [0.2, 0.25) is 0 Å². The van der Waals surface area contributed by atoms with Crippen LogP contribution in [0.3, 0.4) is 0 Å². The van der Waals surface area contributed by atoms with Crippen LogP contribution in [0, 0.1) is 0 Å². The van der Waals surface area contributed by atoms with Gasteiger partial charge in [-0.15, -0.1) is 0 Å². The fraction of sp³-hybridized carbons (Fsp3) is 0.400. The minimum Gasteiger partial charge on any atom is -0.409 e. The molecule has 0 radical (unpaired) electrons. The summed E-state index contributed by atoms with van der Waals surface area (Å²) in [4.78, 5) is 4.06. The quantitative estimate of drug-likeness (QED) is 0.206. The zero-order valence-corrected chi connectivity index (χ0v) is 9.18. The van der Waals surface area contributed by atoms with Crippen molar-refractivity contribution in [3.63, 3.8) is 0 Å². The topological polar surface area (TPSA) is 92.8 Å². The van der Waals surface area contributed by atoms with E-state index in [1.807, 2.05) is 12.1 Å². The molecule has 6 nitrogen and oxygen atoms in total. The SMILES string of the molecule is COCCNCc1cccnc1C(N)=NO. The number of methoxy groups -OCH3 is 1. The van der Waals surface area contributed by atoms with Crippen LogP contribution in [0.15, 0.2) is 23.5 Å². The molecule has 0 aliphatic heterocycles. The number of oxime groups is 1. The number of ether oxygens (including phenoxy) is 1. The number of hydrogen-bond acceptors (Lipinski definition) is 5. The Morgan fingerprint density at radius 1 is 1.69 bits per heavy atom. The number of nitrogens with two attached hydrogens (primary N) is 1. The third-order valence-electron chi connectivity index (χ3n) is 2.04. The number of amidine groups is 1. The highest BCUT2D eigenvalue weighted by Crippen LogP contribution is 2.04. The second-order valence-corrected chi connectivity index (χ2v) is 3.17. The lowest BCUT2D eigenvalue weighted by Gasteiger charge is -2.08. The van der Waals surface area contributed by atoms with E-state index >= 15 is 0 Å². The summed E-state index contributed by atoms with van der Waals surface area (Å²) in [5, 5.41) is 14.7. The standard InChI is InChI=1S/C10H16N4O2/c1-16-6-5-12-7-8-3-2-4-13-9(8)10(11)14-15/h2-4,12,15H,5-7H2,1H3,(H2,11,14). The molecular formula is C10H16N4O2. The van der Waals surface area contributed by atoms with E-state index in [9.17, 15) is 0 Å². The van der Waals surface area contributed by atoms with E-state index in [2.05, 4.69) is 15.5 Å². The fourth-order valence-corrected chi connectivity index (χ4v) is 1.26. The fourth-order valence-electron chi connectivity index (χ4n) is 1.26. The molecule has 0 unspecified atom stereocenters. The summed E-state index contributed by atoms with van der Waals surface area (Å²) in [5.41, 5.74) is 6.89. The van der Waals surface area contributed by atoms with E-state index in [1.165, 1.54) is 0 Å². The van der Waals surface area contributed by atoms with Crippen molar-refractivity contribution in [3.05, 3.63) is 29.6 Å². The molecule has 0 amide bonds. The molecule has 88 valence electrons. The average molecular weight is 224 g/mol. The van der Waals surface area contributed by atoms with Crippen molar-refractivity contribution in [3.8, 4) is 0 Å². The van der Waals surface area contributed by atoms with Gasteiger partial charge in [-0.25, -0.2) is 0 Å². The van der Waals surface area contributed by atoms with Crippen LogP contribution in [0.1, 0.15) is 11.3 Å². The van der Waals surface area contributed by atoms with Crippen molar-refractivity contribution in [2.45, 2.75) is 6.54 Å². The van der Waals surface area contributed by atoms with Gasteiger partial charge in [-0.05, 0) is 11.6 Å². The molecule has 0 aliphatic carbocycles. The van der Waals surface area contributed by atoms with Crippen LogP contribution >= 0.6 is 0 Å². The van der Waals surface area contributed by atoms with Crippen LogP contribution in [0.2, 0.25) is 0 Å². The summed E-state index contributed by atoms with van der Waals surface area (Å²) in [5.74, 6) is 0.0177. The normalized spacial score (nSPS) is 11.7. The van der Waals surface area contributed by atoms with E-state index in [1.54, 1.807) is 13.3 Å². The van der Waals surface area contributed by atoms with Crippen LogP contribution in [0.5, 0.6) is 0 Å². The maximum absolute atomic E-state index is 8.60. The van der Waals surface area contributed by atoms with Gasteiger partial charge in [0.1, 0.15) is 5.69 Å². The van der Waals surface area contributed by atoms with Crippen molar-refractivity contribution in [2.24, 2.45) is 10.9 Å². The Bertz CT molecular complexity index is 354. The third kappa shape index (κ3) is 3.48. The average Bonchev–Trinajstić information content (AvgIpc) is 2.34. The highest BCUT2D eigenvalue weighted by molar-refractivity contribution is 5.96. The Hall–Kier alpha value is -1.66. The lowest BCUT2D eigenvalue weighted by molar-refractivity contribution is 0.199. The highest BCUT2D eigenvalue weighted by Gasteiger charge is 2.07. The number of nitrogens with one attached hydrogen (secondary N) is 1. The molecule has 0 aromatic carbocycles. The lowest BCUT2D eigenvalue weighted by atomic mass is 10.2. The molecule has 0 bridgehead atoms. The van der Waals surface area contributed by atoms with E-state index in [0.29, 0.717) is 18.8 Å². The van der Waals surface area contributed by atoms with Crippen LogP contribution < -0.4 is 11.1 Å².